The van der Waals surface area contributed by atoms with Crippen LogP contribution in [0.1, 0.15) is 12.0 Å². The normalized spacial score (nSPS) is 17.3. The van der Waals surface area contributed by atoms with E-state index in [0.29, 0.717) is 31.0 Å². The van der Waals surface area contributed by atoms with Crippen molar-refractivity contribution in [2.24, 2.45) is 0 Å². The van der Waals surface area contributed by atoms with Gasteiger partial charge >= 0.3 is 0 Å². The SMILES string of the molecule is Cc1ccc(NC(=O)CC2COCCN2)cc1NS(=O)(=O)c1ccccc1. The van der Waals surface area contributed by atoms with Crippen molar-refractivity contribution in [2.45, 2.75) is 24.3 Å². The second-order valence-electron chi connectivity index (χ2n) is 6.43. The van der Waals surface area contributed by atoms with Gasteiger partial charge in [-0.05, 0) is 36.8 Å². The zero-order valence-corrected chi connectivity index (χ0v) is 15.9. The molecule has 1 atom stereocenters. The summed E-state index contributed by atoms with van der Waals surface area (Å²) in [5.41, 5.74) is 1.72. The van der Waals surface area contributed by atoms with Gasteiger partial charge in [0.25, 0.3) is 10.0 Å². The van der Waals surface area contributed by atoms with Crippen LogP contribution in [0.2, 0.25) is 0 Å². The molecule has 0 spiro atoms. The van der Waals surface area contributed by atoms with Crippen LogP contribution in [-0.4, -0.2) is 40.1 Å². The topological polar surface area (TPSA) is 96.5 Å². The molecule has 0 aromatic heterocycles. The highest BCUT2D eigenvalue weighted by atomic mass is 32.2. The summed E-state index contributed by atoms with van der Waals surface area (Å²) in [5.74, 6) is -0.154. The van der Waals surface area contributed by atoms with Gasteiger partial charge in [0.2, 0.25) is 5.91 Å². The van der Waals surface area contributed by atoms with Crippen LogP contribution in [0.4, 0.5) is 11.4 Å². The van der Waals surface area contributed by atoms with Gasteiger partial charge in [-0.2, -0.15) is 0 Å². The van der Waals surface area contributed by atoms with Gasteiger partial charge in [-0.25, -0.2) is 8.42 Å². The van der Waals surface area contributed by atoms with E-state index < -0.39 is 10.0 Å². The minimum Gasteiger partial charge on any atom is -0.378 e. The summed E-state index contributed by atoms with van der Waals surface area (Å²) in [7, 11) is -3.69. The predicted molar refractivity (Wildman–Crippen MR) is 104 cm³/mol. The van der Waals surface area contributed by atoms with E-state index in [1.54, 1.807) is 43.3 Å². The molecule has 1 fully saturated rings. The molecule has 0 aliphatic carbocycles. The number of benzene rings is 2. The zero-order valence-electron chi connectivity index (χ0n) is 15.1. The Hall–Kier alpha value is -2.42. The molecule has 27 heavy (non-hydrogen) atoms. The van der Waals surface area contributed by atoms with Crippen molar-refractivity contribution < 1.29 is 17.9 Å². The zero-order chi connectivity index (χ0) is 19.3. The van der Waals surface area contributed by atoms with E-state index in [1.165, 1.54) is 12.1 Å². The molecule has 144 valence electrons. The lowest BCUT2D eigenvalue weighted by atomic mass is 10.1. The molecule has 1 aliphatic rings. The van der Waals surface area contributed by atoms with Gasteiger partial charge in [-0.1, -0.05) is 24.3 Å². The molecule has 0 bridgehead atoms. The number of carbonyl (C=O) groups excluding carboxylic acids is 1. The lowest BCUT2D eigenvalue weighted by Crippen LogP contribution is -2.43. The minimum atomic E-state index is -3.69. The third-order valence-electron chi connectivity index (χ3n) is 4.25. The summed E-state index contributed by atoms with van der Waals surface area (Å²) in [5, 5.41) is 6.04. The molecule has 1 aliphatic heterocycles. The van der Waals surface area contributed by atoms with E-state index >= 15 is 0 Å². The minimum absolute atomic E-state index is 0.0137. The summed E-state index contributed by atoms with van der Waals surface area (Å²) < 4.78 is 33.0. The van der Waals surface area contributed by atoms with Gasteiger partial charge in [-0.15, -0.1) is 0 Å². The van der Waals surface area contributed by atoms with E-state index in [0.717, 1.165) is 12.1 Å². The van der Waals surface area contributed by atoms with Crippen LogP contribution in [0, 0.1) is 6.92 Å². The maximum absolute atomic E-state index is 12.5. The van der Waals surface area contributed by atoms with Gasteiger partial charge in [0.05, 0.1) is 23.8 Å². The number of nitrogens with one attached hydrogen (secondary N) is 3. The number of anilines is 2. The molecule has 2 aromatic rings. The number of ether oxygens (including phenoxy) is 1. The first kappa shape index (κ1) is 19.3. The number of rotatable bonds is 6. The summed E-state index contributed by atoms with van der Waals surface area (Å²) in [6.45, 7) is 3.69. The quantitative estimate of drug-likeness (QED) is 0.703. The van der Waals surface area contributed by atoms with Crippen LogP contribution in [0.15, 0.2) is 53.4 Å². The number of carbonyl (C=O) groups is 1. The van der Waals surface area contributed by atoms with Crippen molar-refractivity contribution >= 4 is 27.3 Å². The fourth-order valence-corrected chi connectivity index (χ4v) is 3.94. The Morgan fingerprint density at radius 3 is 2.70 bits per heavy atom. The molecule has 3 N–H and O–H groups in total. The fraction of sp³-hybridized carbons (Fsp3) is 0.316. The fourth-order valence-electron chi connectivity index (χ4n) is 2.80. The Kier molecular flexibility index (Phi) is 6.10. The molecular weight excluding hydrogens is 366 g/mol. The van der Waals surface area contributed by atoms with Crippen molar-refractivity contribution in [3.05, 3.63) is 54.1 Å². The van der Waals surface area contributed by atoms with Gasteiger partial charge < -0.3 is 15.4 Å². The first-order chi connectivity index (χ1) is 12.9. The number of hydrogen-bond donors (Lipinski definition) is 3. The first-order valence-electron chi connectivity index (χ1n) is 8.73. The van der Waals surface area contributed by atoms with Crippen LogP contribution in [0.5, 0.6) is 0 Å². The summed E-state index contributed by atoms with van der Waals surface area (Å²) >= 11 is 0. The standard InChI is InChI=1S/C19H23N3O4S/c1-14-7-8-15(21-19(23)12-16-13-26-10-9-20-16)11-18(14)22-27(24,25)17-5-3-2-4-6-17/h2-8,11,16,20,22H,9-10,12-13H2,1H3,(H,21,23). The van der Waals surface area contributed by atoms with E-state index in [1.807, 2.05) is 0 Å². The van der Waals surface area contributed by atoms with Gasteiger partial charge in [0.15, 0.2) is 0 Å². The molecule has 2 aromatic carbocycles. The molecule has 1 unspecified atom stereocenters. The molecule has 0 saturated carbocycles. The summed E-state index contributed by atoms with van der Waals surface area (Å²) in [4.78, 5) is 12.4. The number of amides is 1. The van der Waals surface area contributed by atoms with Crippen LogP contribution < -0.4 is 15.4 Å². The Labute approximate surface area is 159 Å². The molecule has 1 saturated heterocycles. The molecular formula is C19H23N3O4S. The number of sulfonamides is 1. The molecule has 8 heteroatoms. The van der Waals surface area contributed by atoms with Crippen molar-refractivity contribution in [3.63, 3.8) is 0 Å². The van der Waals surface area contributed by atoms with E-state index in [9.17, 15) is 13.2 Å². The Bertz CT molecular complexity index is 894. The highest BCUT2D eigenvalue weighted by Gasteiger charge is 2.18. The highest BCUT2D eigenvalue weighted by molar-refractivity contribution is 7.92. The number of aryl methyl sites for hydroxylation is 1. The van der Waals surface area contributed by atoms with Crippen molar-refractivity contribution in [2.75, 3.05) is 29.8 Å². The van der Waals surface area contributed by atoms with Gasteiger partial charge in [0.1, 0.15) is 0 Å². The smallest absolute Gasteiger partial charge is 0.261 e. The molecule has 1 heterocycles. The monoisotopic (exact) mass is 389 g/mol. The summed E-state index contributed by atoms with van der Waals surface area (Å²) in [6.07, 6.45) is 0.291. The Balaban J connectivity index is 1.69. The van der Waals surface area contributed by atoms with Crippen molar-refractivity contribution in [1.29, 1.82) is 0 Å². The third kappa shape index (κ3) is 5.29. The predicted octanol–water partition coefficient (Wildman–Crippen LogP) is 2.11. The highest BCUT2D eigenvalue weighted by Crippen LogP contribution is 2.23. The van der Waals surface area contributed by atoms with Crippen molar-refractivity contribution in [1.82, 2.24) is 5.32 Å². The van der Waals surface area contributed by atoms with Crippen LogP contribution in [0.25, 0.3) is 0 Å². The molecule has 3 rings (SSSR count). The second-order valence-corrected chi connectivity index (χ2v) is 8.11. The van der Waals surface area contributed by atoms with E-state index in [4.69, 9.17) is 4.74 Å². The van der Waals surface area contributed by atoms with Crippen LogP contribution in [0.3, 0.4) is 0 Å². The average molecular weight is 389 g/mol. The molecule has 0 radical (unpaired) electrons. The molecule has 7 nitrogen and oxygen atoms in total. The van der Waals surface area contributed by atoms with Gasteiger partial charge in [-0.3, -0.25) is 9.52 Å². The van der Waals surface area contributed by atoms with E-state index in [2.05, 4.69) is 15.4 Å². The number of morpholine rings is 1. The van der Waals surface area contributed by atoms with Gasteiger partial charge in [0, 0.05) is 24.7 Å². The average Bonchev–Trinajstić information content (AvgIpc) is 2.66. The lowest BCUT2D eigenvalue weighted by Gasteiger charge is -2.23. The molecule has 1 amide bonds. The third-order valence-corrected chi connectivity index (χ3v) is 5.63. The second kappa shape index (κ2) is 8.51. The van der Waals surface area contributed by atoms with Crippen LogP contribution in [-0.2, 0) is 19.6 Å². The first-order valence-corrected chi connectivity index (χ1v) is 10.2. The Morgan fingerprint density at radius 1 is 1.22 bits per heavy atom. The van der Waals surface area contributed by atoms with E-state index in [-0.39, 0.29) is 16.8 Å². The summed E-state index contributed by atoms with van der Waals surface area (Å²) in [6, 6.07) is 13.3. The lowest BCUT2D eigenvalue weighted by molar-refractivity contribution is -0.117. The Morgan fingerprint density at radius 2 is 2.00 bits per heavy atom. The maximum Gasteiger partial charge on any atom is 0.261 e. The maximum atomic E-state index is 12.5. The van der Waals surface area contributed by atoms with Crippen LogP contribution >= 0.6 is 0 Å². The van der Waals surface area contributed by atoms with Crippen molar-refractivity contribution in [3.8, 4) is 0 Å². The largest absolute Gasteiger partial charge is 0.378 e. The number of hydrogen-bond acceptors (Lipinski definition) is 5.